The molecular formula is C27H28N4O3. The quantitative estimate of drug-likeness (QED) is 0.348. The van der Waals surface area contributed by atoms with Gasteiger partial charge in [0.05, 0.1) is 17.9 Å². The fourth-order valence-electron chi connectivity index (χ4n) is 4.05. The lowest BCUT2D eigenvalue weighted by Gasteiger charge is -2.11. The van der Waals surface area contributed by atoms with Crippen LogP contribution in [0.2, 0.25) is 0 Å². The van der Waals surface area contributed by atoms with E-state index in [1.807, 2.05) is 36.4 Å². The summed E-state index contributed by atoms with van der Waals surface area (Å²) in [6, 6.07) is 23.5. The van der Waals surface area contributed by atoms with Gasteiger partial charge in [-0.25, -0.2) is 4.79 Å². The van der Waals surface area contributed by atoms with E-state index in [1.165, 1.54) is 11.6 Å². The average molecular weight is 457 g/mol. The van der Waals surface area contributed by atoms with Crippen LogP contribution in [0.15, 0.2) is 72.8 Å². The lowest BCUT2D eigenvalue weighted by molar-refractivity contribution is 0.0696. The van der Waals surface area contributed by atoms with Crippen molar-refractivity contribution < 1.29 is 15.0 Å². The Kier molecular flexibility index (Phi) is 7.78. The van der Waals surface area contributed by atoms with Gasteiger partial charge in [0.2, 0.25) is 0 Å². The van der Waals surface area contributed by atoms with Crippen molar-refractivity contribution in [3.05, 3.63) is 101 Å². The molecule has 174 valence electrons. The van der Waals surface area contributed by atoms with Gasteiger partial charge in [-0.3, -0.25) is 4.98 Å². The first-order valence-corrected chi connectivity index (χ1v) is 11.5. The third-order valence-corrected chi connectivity index (χ3v) is 5.72. The Morgan fingerprint density at radius 2 is 1.53 bits per heavy atom. The van der Waals surface area contributed by atoms with Gasteiger partial charge in [0.15, 0.2) is 5.82 Å². The largest absolute Gasteiger partial charge is 0.478 e. The summed E-state index contributed by atoms with van der Waals surface area (Å²) in [6.07, 6.45) is 3.97. The average Bonchev–Trinajstić information content (AvgIpc) is 3.27. The molecule has 2 aromatic heterocycles. The predicted octanol–water partition coefficient (Wildman–Crippen LogP) is 4.34. The Balaban J connectivity index is 1.48. The number of rotatable bonds is 11. The van der Waals surface area contributed by atoms with Gasteiger partial charge in [-0.15, -0.1) is 10.2 Å². The number of hydrogen-bond donors (Lipinski definition) is 2. The van der Waals surface area contributed by atoms with E-state index in [2.05, 4.69) is 44.0 Å². The molecule has 0 saturated heterocycles. The van der Waals surface area contributed by atoms with Crippen LogP contribution in [0.25, 0.3) is 11.4 Å². The van der Waals surface area contributed by atoms with Crippen molar-refractivity contribution in [3.8, 4) is 11.4 Å². The molecule has 34 heavy (non-hydrogen) atoms. The zero-order valence-corrected chi connectivity index (χ0v) is 19.0. The lowest BCUT2D eigenvalue weighted by atomic mass is 10.1. The Labute approximate surface area is 198 Å². The molecule has 0 saturated carbocycles. The Morgan fingerprint density at radius 1 is 0.824 bits per heavy atom. The van der Waals surface area contributed by atoms with E-state index in [0.717, 1.165) is 43.0 Å². The predicted molar refractivity (Wildman–Crippen MR) is 129 cm³/mol. The molecule has 0 radical (unpaired) electrons. The van der Waals surface area contributed by atoms with E-state index >= 15 is 0 Å². The number of aliphatic hydroxyl groups is 1. The van der Waals surface area contributed by atoms with Gasteiger partial charge in [0, 0.05) is 24.2 Å². The maximum absolute atomic E-state index is 11.4. The van der Waals surface area contributed by atoms with E-state index < -0.39 is 5.97 Å². The van der Waals surface area contributed by atoms with Crippen LogP contribution in [0.1, 0.15) is 46.0 Å². The number of nitrogens with zero attached hydrogens (tertiary/aromatic N) is 4. The van der Waals surface area contributed by atoms with E-state index in [-0.39, 0.29) is 12.2 Å². The molecule has 0 bridgehead atoms. The lowest BCUT2D eigenvalue weighted by Crippen LogP contribution is -2.08. The summed E-state index contributed by atoms with van der Waals surface area (Å²) < 4.78 is 2.19. The fraction of sp³-hybridized carbons (Fsp3) is 0.259. The summed E-state index contributed by atoms with van der Waals surface area (Å²) in [7, 11) is 0. The number of aryl methyl sites for hydroxylation is 3. The van der Waals surface area contributed by atoms with Crippen molar-refractivity contribution in [2.45, 2.75) is 45.3 Å². The van der Waals surface area contributed by atoms with Crippen LogP contribution in [-0.2, 0) is 32.4 Å². The van der Waals surface area contributed by atoms with Crippen LogP contribution >= 0.6 is 0 Å². The van der Waals surface area contributed by atoms with Crippen molar-refractivity contribution in [2.75, 3.05) is 0 Å². The zero-order chi connectivity index (χ0) is 23.8. The molecule has 2 heterocycles. The van der Waals surface area contributed by atoms with Gasteiger partial charge in [0.25, 0.3) is 0 Å². The second-order valence-electron chi connectivity index (χ2n) is 8.20. The highest BCUT2D eigenvalue weighted by atomic mass is 16.4. The first-order valence-electron chi connectivity index (χ1n) is 11.5. The second kappa shape index (κ2) is 11.3. The SMILES string of the molecule is O=C(O)c1cc(CO)nc(CCCc2nnc(-c3ccccc3)n2CCCc2ccccc2)c1. The zero-order valence-electron chi connectivity index (χ0n) is 19.0. The molecule has 7 heteroatoms. The smallest absolute Gasteiger partial charge is 0.335 e. The molecule has 0 aliphatic carbocycles. The molecule has 0 unspecified atom stereocenters. The first-order chi connectivity index (χ1) is 16.6. The van der Waals surface area contributed by atoms with Crippen molar-refractivity contribution >= 4 is 5.97 Å². The number of aromatic carboxylic acids is 1. The molecule has 2 N–H and O–H groups in total. The topological polar surface area (TPSA) is 101 Å². The molecule has 0 atom stereocenters. The minimum Gasteiger partial charge on any atom is -0.478 e. The third-order valence-electron chi connectivity index (χ3n) is 5.72. The summed E-state index contributed by atoms with van der Waals surface area (Å²) in [5, 5.41) is 27.7. The van der Waals surface area contributed by atoms with Crippen molar-refractivity contribution in [3.63, 3.8) is 0 Å². The van der Waals surface area contributed by atoms with Crippen LogP contribution in [0.5, 0.6) is 0 Å². The molecule has 0 aliphatic heterocycles. The molecule has 0 aliphatic rings. The number of carboxylic acids is 1. The Bertz CT molecular complexity index is 1220. The van der Waals surface area contributed by atoms with Crippen LogP contribution < -0.4 is 0 Å². The van der Waals surface area contributed by atoms with Gasteiger partial charge >= 0.3 is 5.97 Å². The van der Waals surface area contributed by atoms with Crippen LogP contribution in [-0.4, -0.2) is 35.9 Å². The summed E-state index contributed by atoms with van der Waals surface area (Å²) in [4.78, 5) is 15.7. The Hall–Kier alpha value is -3.84. The van der Waals surface area contributed by atoms with Gasteiger partial charge in [-0.05, 0) is 43.4 Å². The van der Waals surface area contributed by atoms with Crippen LogP contribution in [0.4, 0.5) is 0 Å². The van der Waals surface area contributed by atoms with Gasteiger partial charge < -0.3 is 14.8 Å². The molecule has 0 amide bonds. The van der Waals surface area contributed by atoms with E-state index in [1.54, 1.807) is 6.07 Å². The summed E-state index contributed by atoms with van der Waals surface area (Å²) in [5.74, 6) is 0.741. The number of carbonyl (C=O) groups is 1. The van der Waals surface area contributed by atoms with Crippen LogP contribution in [0, 0.1) is 0 Å². The van der Waals surface area contributed by atoms with E-state index in [4.69, 9.17) is 0 Å². The minimum atomic E-state index is -1.02. The molecule has 7 nitrogen and oxygen atoms in total. The standard InChI is InChI=1S/C27H28N4O3/c32-19-24-18-22(27(33)34)17-23(28-24)14-7-15-25-29-30-26(21-12-5-2-6-13-21)31(25)16-8-11-20-9-3-1-4-10-20/h1-6,9-10,12-13,17-18,32H,7-8,11,14-16,19H2,(H,33,34). The molecule has 0 spiro atoms. The monoisotopic (exact) mass is 456 g/mol. The van der Waals surface area contributed by atoms with Gasteiger partial charge in [-0.1, -0.05) is 60.7 Å². The molecule has 4 aromatic rings. The highest BCUT2D eigenvalue weighted by Gasteiger charge is 2.14. The maximum atomic E-state index is 11.4. The van der Waals surface area contributed by atoms with E-state index in [0.29, 0.717) is 24.2 Å². The number of aromatic nitrogens is 4. The van der Waals surface area contributed by atoms with Crippen molar-refractivity contribution in [2.24, 2.45) is 0 Å². The number of benzene rings is 2. The van der Waals surface area contributed by atoms with Crippen molar-refractivity contribution in [1.82, 2.24) is 19.7 Å². The summed E-state index contributed by atoms with van der Waals surface area (Å²) >= 11 is 0. The number of aliphatic hydroxyl groups excluding tert-OH is 1. The molecule has 4 rings (SSSR count). The van der Waals surface area contributed by atoms with Gasteiger partial charge in [-0.2, -0.15) is 0 Å². The number of hydrogen-bond acceptors (Lipinski definition) is 5. The molecular weight excluding hydrogens is 428 g/mol. The van der Waals surface area contributed by atoms with Crippen LogP contribution in [0.3, 0.4) is 0 Å². The van der Waals surface area contributed by atoms with Crippen molar-refractivity contribution in [1.29, 1.82) is 0 Å². The second-order valence-corrected chi connectivity index (χ2v) is 8.20. The minimum absolute atomic E-state index is 0.143. The van der Waals surface area contributed by atoms with Gasteiger partial charge in [0.1, 0.15) is 5.82 Å². The fourth-order valence-corrected chi connectivity index (χ4v) is 4.05. The highest BCUT2D eigenvalue weighted by molar-refractivity contribution is 5.87. The first kappa shape index (κ1) is 23.3. The summed E-state index contributed by atoms with van der Waals surface area (Å²) in [6.45, 7) is 0.521. The number of carboxylic acid groups (broad SMARTS) is 1. The highest BCUT2D eigenvalue weighted by Crippen LogP contribution is 2.20. The normalized spacial score (nSPS) is 11.0. The number of pyridine rings is 1. The maximum Gasteiger partial charge on any atom is 0.335 e. The third kappa shape index (κ3) is 5.94. The summed E-state index contributed by atoms with van der Waals surface area (Å²) in [5.41, 5.74) is 3.50. The Morgan fingerprint density at radius 3 is 2.24 bits per heavy atom. The van der Waals surface area contributed by atoms with E-state index in [9.17, 15) is 15.0 Å². The molecule has 0 fully saturated rings. The molecule has 2 aromatic carbocycles.